The Morgan fingerprint density at radius 3 is 3.00 bits per heavy atom. The number of furan rings is 1. The van der Waals surface area contributed by atoms with Crippen LogP contribution in [-0.2, 0) is 0 Å². The average molecular weight is 219 g/mol. The van der Waals surface area contributed by atoms with Crippen molar-refractivity contribution >= 4 is 11.0 Å². The molecule has 1 aromatic carbocycles. The second kappa shape index (κ2) is 5.03. The van der Waals surface area contributed by atoms with Crippen LogP contribution >= 0.6 is 0 Å². The van der Waals surface area contributed by atoms with Crippen LogP contribution < -0.4 is 10.1 Å². The molecule has 86 valence electrons. The Labute approximate surface area is 95.4 Å². The molecule has 3 heteroatoms. The zero-order valence-electron chi connectivity index (χ0n) is 9.75. The second-order valence-electron chi connectivity index (χ2n) is 3.86. The SMILES string of the molecule is CNCCCOc1ccc2oc(C)cc2c1. The molecule has 0 aliphatic heterocycles. The quantitative estimate of drug-likeness (QED) is 0.785. The van der Waals surface area contributed by atoms with Crippen LogP contribution in [0.25, 0.3) is 11.0 Å². The summed E-state index contributed by atoms with van der Waals surface area (Å²) in [6.45, 7) is 3.67. The van der Waals surface area contributed by atoms with Crippen LogP contribution in [0.5, 0.6) is 5.75 Å². The summed E-state index contributed by atoms with van der Waals surface area (Å²) in [6, 6.07) is 7.95. The highest BCUT2D eigenvalue weighted by atomic mass is 16.5. The molecule has 0 fully saturated rings. The van der Waals surface area contributed by atoms with E-state index < -0.39 is 0 Å². The minimum atomic E-state index is 0.739. The number of aryl methyl sites for hydroxylation is 1. The van der Waals surface area contributed by atoms with Crippen molar-refractivity contribution in [2.24, 2.45) is 0 Å². The summed E-state index contributed by atoms with van der Waals surface area (Å²) in [5.74, 6) is 1.84. The van der Waals surface area contributed by atoms with Gasteiger partial charge in [0, 0.05) is 5.39 Å². The zero-order valence-corrected chi connectivity index (χ0v) is 9.75. The van der Waals surface area contributed by atoms with Crippen LogP contribution in [0.3, 0.4) is 0 Å². The first kappa shape index (κ1) is 11.0. The maximum atomic E-state index is 5.64. The normalized spacial score (nSPS) is 10.9. The lowest BCUT2D eigenvalue weighted by atomic mass is 10.2. The average Bonchev–Trinajstić information content (AvgIpc) is 2.64. The van der Waals surface area contributed by atoms with E-state index in [-0.39, 0.29) is 0 Å². The summed E-state index contributed by atoms with van der Waals surface area (Å²) in [6.07, 6.45) is 1.01. The molecule has 1 heterocycles. The molecule has 2 aromatic rings. The van der Waals surface area contributed by atoms with Crippen molar-refractivity contribution in [3.8, 4) is 5.75 Å². The first-order valence-corrected chi connectivity index (χ1v) is 5.57. The highest BCUT2D eigenvalue weighted by molar-refractivity contribution is 5.79. The lowest BCUT2D eigenvalue weighted by molar-refractivity contribution is 0.310. The van der Waals surface area contributed by atoms with E-state index in [0.29, 0.717) is 0 Å². The number of rotatable bonds is 5. The van der Waals surface area contributed by atoms with Crippen molar-refractivity contribution in [1.82, 2.24) is 5.32 Å². The van der Waals surface area contributed by atoms with Crippen LogP contribution in [-0.4, -0.2) is 20.2 Å². The van der Waals surface area contributed by atoms with Gasteiger partial charge in [0.05, 0.1) is 6.61 Å². The van der Waals surface area contributed by atoms with Crippen molar-refractivity contribution in [3.63, 3.8) is 0 Å². The van der Waals surface area contributed by atoms with Crippen molar-refractivity contribution in [2.45, 2.75) is 13.3 Å². The molecule has 3 nitrogen and oxygen atoms in total. The van der Waals surface area contributed by atoms with Crippen LogP contribution in [0.15, 0.2) is 28.7 Å². The predicted octanol–water partition coefficient (Wildman–Crippen LogP) is 2.73. The number of hydrogen-bond donors (Lipinski definition) is 1. The topological polar surface area (TPSA) is 34.4 Å². The van der Waals surface area contributed by atoms with Gasteiger partial charge in [-0.2, -0.15) is 0 Å². The minimum absolute atomic E-state index is 0.739. The first-order valence-electron chi connectivity index (χ1n) is 5.57. The number of benzene rings is 1. The fraction of sp³-hybridized carbons (Fsp3) is 0.385. The van der Waals surface area contributed by atoms with E-state index in [1.165, 1.54) is 0 Å². The molecule has 0 bridgehead atoms. The number of nitrogens with one attached hydrogen (secondary N) is 1. The molecule has 1 N–H and O–H groups in total. The zero-order chi connectivity index (χ0) is 11.4. The Morgan fingerprint density at radius 1 is 1.31 bits per heavy atom. The fourth-order valence-corrected chi connectivity index (χ4v) is 1.68. The largest absolute Gasteiger partial charge is 0.494 e. The van der Waals surface area contributed by atoms with Gasteiger partial charge in [0.1, 0.15) is 17.1 Å². The molecule has 0 aliphatic carbocycles. The second-order valence-corrected chi connectivity index (χ2v) is 3.86. The highest BCUT2D eigenvalue weighted by Crippen LogP contribution is 2.23. The van der Waals surface area contributed by atoms with Gasteiger partial charge in [-0.25, -0.2) is 0 Å². The van der Waals surface area contributed by atoms with Gasteiger partial charge in [-0.05, 0) is 51.2 Å². The molecule has 0 aliphatic rings. The Balaban J connectivity index is 2.02. The van der Waals surface area contributed by atoms with Gasteiger partial charge >= 0.3 is 0 Å². The summed E-state index contributed by atoms with van der Waals surface area (Å²) < 4.78 is 11.1. The van der Waals surface area contributed by atoms with E-state index in [2.05, 4.69) is 5.32 Å². The molecule has 0 radical (unpaired) electrons. The van der Waals surface area contributed by atoms with Crippen molar-refractivity contribution in [1.29, 1.82) is 0 Å². The summed E-state index contributed by atoms with van der Waals surface area (Å²) in [7, 11) is 1.94. The van der Waals surface area contributed by atoms with Gasteiger partial charge in [-0.15, -0.1) is 0 Å². The standard InChI is InChI=1S/C13H17NO2/c1-10-8-11-9-12(4-5-13(11)16-10)15-7-3-6-14-2/h4-5,8-9,14H,3,6-7H2,1-2H3. The summed E-state index contributed by atoms with van der Waals surface area (Å²) in [5.41, 5.74) is 0.917. The Hall–Kier alpha value is -1.48. The number of hydrogen-bond acceptors (Lipinski definition) is 3. The smallest absolute Gasteiger partial charge is 0.134 e. The van der Waals surface area contributed by atoms with E-state index in [0.717, 1.165) is 42.1 Å². The molecule has 0 spiro atoms. The van der Waals surface area contributed by atoms with E-state index >= 15 is 0 Å². The summed E-state index contributed by atoms with van der Waals surface area (Å²) in [5, 5.41) is 4.19. The molecule has 0 saturated carbocycles. The van der Waals surface area contributed by atoms with Crippen molar-refractivity contribution < 1.29 is 9.15 Å². The Morgan fingerprint density at radius 2 is 2.19 bits per heavy atom. The molecular formula is C13H17NO2. The van der Waals surface area contributed by atoms with E-state index in [1.54, 1.807) is 0 Å². The minimum Gasteiger partial charge on any atom is -0.494 e. The van der Waals surface area contributed by atoms with Crippen molar-refractivity contribution in [2.75, 3.05) is 20.2 Å². The third-order valence-electron chi connectivity index (χ3n) is 2.45. The molecule has 16 heavy (non-hydrogen) atoms. The van der Waals surface area contributed by atoms with Gasteiger partial charge < -0.3 is 14.5 Å². The molecule has 0 unspecified atom stereocenters. The van der Waals surface area contributed by atoms with Gasteiger partial charge in [0.2, 0.25) is 0 Å². The van der Waals surface area contributed by atoms with Gasteiger partial charge in [-0.1, -0.05) is 0 Å². The Kier molecular flexibility index (Phi) is 3.47. The van der Waals surface area contributed by atoms with Gasteiger partial charge in [0.15, 0.2) is 0 Å². The number of fused-ring (bicyclic) bond motifs is 1. The lowest BCUT2D eigenvalue weighted by Gasteiger charge is -2.05. The predicted molar refractivity (Wildman–Crippen MR) is 65.0 cm³/mol. The molecular weight excluding hydrogens is 202 g/mol. The maximum absolute atomic E-state index is 5.64. The van der Waals surface area contributed by atoms with Crippen LogP contribution in [0.4, 0.5) is 0 Å². The molecule has 0 amide bonds. The van der Waals surface area contributed by atoms with Gasteiger partial charge in [0.25, 0.3) is 0 Å². The van der Waals surface area contributed by atoms with Gasteiger partial charge in [-0.3, -0.25) is 0 Å². The first-order chi connectivity index (χ1) is 7.79. The van der Waals surface area contributed by atoms with Crippen LogP contribution in [0.1, 0.15) is 12.2 Å². The third kappa shape index (κ3) is 2.55. The van der Waals surface area contributed by atoms with Crippen LogP contribution in [0.2, 0.25) is 0 Å². The monoisotopic (exact) mass is 219 g/mol. The molecule has 0 atom stereocenters. The van der Waals surface area contributed by atoms with E-state index in [1.807, 2.05) is 38.2 Å². The lowest BCUT2D eigenvalue weighted by Crippen LogP contribution is -2.11. The fourth-order valence-electron chi connectivity index (χ4n) is 1.68. The third-order valence-corrected chi connectivity index (χ3v) is 2.45. The summed E-state index contributed by atoms with van der Waals surface area (Å²) >= 11 is 0. The maximum Gasteiger partial charge on any atom is 0.134 e. The summed E-state index contributed by atoms with van der Waals surface area (Å²) in [4.78, 5) is 0. The Bertz CT molecular complexity index is 462. The molecule has 1 aromatic heterocycles. The van der Waals surface area contributed by atoms with Crippen molar-refractivity contribution in [3.05, 3.63) is 30.0 Å². The highest BCUT2D eigenvalue weighted by Gasteiger charge is 2.01. The van der Waals surface area contributed by atoms with Crippen LogP contribution in [0, 0.1) is 6.92 Å². The molecule has 2 rings (SSSR count). The van der Waals surface area contributed by atoms with E-state index in [9.17, 15) is 0 Å². The molecule has 0 saturated heterocycles. The van der Waals surface area contributed by atoms with E-state index in [4.69, 9.17) is 9.15 Å². The number of ether oxygens (including phenoxy) is 1.